The molecule has 0 fully saturated rings. The highest BCUT2D eigenvalue weighted by molar-refractivity contribution is 5.94. The molecule has 0 aliphatic heterocycles. The Morgan fingerprint density at radius 3 is 2.31 bits per heavy atom. The van der Waals surface area contributed by atoms with Crippen molar-refractivity contribution >= 4 is 17.8 Å². The Labute approximate surface area is 165 Å². The first-order chi connectivity index (χ1) is 14.0. The highest BCUT2D eigenvalue weighted by atomic mass is 19.1. The zero-order chi connectivity index (χ0) is 20.6. The number of nitrogens with zero attached hydrogens (tertiary/aromatic N) is 2. The molecule has 0 unspecified atom stereocenters. The van der Waals surface area contributed by atoms with E-state index in [1.807, 2.05) is 0 Å². The van der Waals surface area contributed by atoms with E-state index >= 15 is 0 Å². The Kier molecular flexibility index (Phi) is 6.26. The molecule has 7 nitrogen and oxygen atoms in total. The van der Waals surface area contributed by atoms with E-state index in [9.17, 15) is 19.3 Å². The number of amides is 1. The van der Waals surface area contributed by atoms with Gasteiger partial charge in [-0.2, -0.15) is 5.10 Å². The average molecular weight is 393 g/mol. The molecule has 0 saturated heterocycles. The van der Waals surface area contributed by atoms with Gasteiger partial charge in [-0.1, -0.05) is 0 Å². The van der Waals surface area contributed by atoms with Crippen LogP contribution in [0.2, 0.25) is 0 Å². The number of nitro groups is 1. The molecule has 1 amide bonds. The minimum Gasteiger partial charge on any atom is -0.489 e. The smallest absolute Gasteiger partial charge is 0.271 e. The first-order valence-electron chi connectivity index (χ1n) is 8.56. The van der Waals surface area contributed by atoms with Crippen molar-refractivity contribution in [3.63, 3.8) is 0 Å². The van der Waals surface area contributed by atoms with Gasteiger partial charge in [0.25, 0.3) is 11.6 Å². The van der Waals surface area contributed by atoms with Crippen LogP contribution in [0.4, 0.5) is 10.1 Å². The number of carbonyl (C=O) groups is 1. The molecule has 3 aromatic carbocycles. The third-order valence-corrected chi connectivity index (χ3v) is 3.92. The van der Waals surface area contributed by atoms with E-state index in [4.69, 9.17) is 4.74 Å². The summed E-state index contributed by atoms with van der Waals surface area (Å²) in [7, 11) is 0. The number of nitrogens with one attached hydrogen (secondary N) is 1. The summed E-state index contributed by atoms with van der Waals surface area (Å²) in [6.07, 6.45) is 1.47. The molecule has 0 heterocycles. The molecular formula is C21H16FN3O4. The third-order valence-electron chi connectivity index (χ3n) is 3.92. The summed E-state index contributed by atoms with van der Waals surface area (Å²) in [5.74, 6) is -0.235. The van der Waals surface area contributed by atoms with Crippen molar-refractivity contribution in [1.29, 1.82) is 0 Å². The fraction of sp³-hybridized carbons (Fsp3) is 0.0476. The van der Waals surface area contributed by atoms with Crippen LogP contribution < -0.4 is 10.2 Å². The number of halogens is 1. The number of rotatable bonds is 7. The number of hydrogen-bond donors (Lipinski definition) is 1. The SMILES string of the molecule is O=C(N/N=C\c1ccc(OCc2ccc([N+](=O)[O-])cc2)cc1)c1ccc(F)cc1. The molecule has 0 aliphatic carbocycles. The van der Waals surface area contributed by atoms with Gasteiger partial charge in [0.15, 0.2) is 0 Å². The summed E-state index contributed by atoms with van der Waals surface area (Å²) >= 11 is 0. The molecule has 0 saturated carbocycles. The first-order valence-corrected chi connectivity index (χ1v) is 8.56. The summed E-state index contributed by atoms with van der Waals surface area (Å²) in [5.41, 5.74) is 4.26. The van der Waals surface area contributed by atoms with Crippen LogP contribution in [-0.2, 0) is 6.61 Å². The number of hydrazone groups is 1. The Bertz CT molecular complexity index is 1020. The zero-order valence-corrected chi connectivity index (χ0v) is 15.1. The maximum atomic E-state index is 12.9. The van der Waals surface area contributed by atoms with Crippen LogP contribution in [0, 0.1) is 15.9 Å². The first kappa shape index (κ1) is 19.7. The molecule has 146 valence electrons. The maximum absolute atomic E-state index is 12.9. The predicted octanol–water partition coefficient (Wildman–Crippen LogP) is 4.08. The highest BCUT2D eigenvalue weighted by Gasteiger charge is 2.05. The molecule has 1 N–H and O–H groups in total. The highest BCUT2D eigenvalue weighted by Crippen LogP contribution is 2.16. The fourth-order valence-electron chi connectivity index (χ4n) is 2.36. The second kappa shape index (κ2) is 9.23. The summed E-state index contributed by atoms with van der Waals surface area (Å²) in [5, 5.41) is 14.5. The summed E-state index contributed by atoms with van der Waals surface area (Å²) in [4.78, 5) is 22.1. The molecule has 0 aliphatic rings. The number of nitro benzene ring substituents is 1. The van der Waals surface area contributed by atoms with Gasteiger partial charge < -0.3 is 4.74 Å². The van der Waals surface area contributed by atoms with Crippen molar-refractivity contribution in [2.24, 2.45) is 5.10 Å². The number of non-ortho nitro benzene ring substituents is 1. The predicted molar refractivity (Wildman–Crippen MR) is 105 cm³/mol. The Morgan fingerprint density at radius 2 is 1.69 bits per heavy atom. The van der Waals surface area contributed by atoms with Gasteiger partial charge in [-0.15, -0.1) is 0 Å². The quantitative estimate of drug-likeness (QED) is 0.372. The lowest BCUT2D eigenvalue weighted by Gasteiger charge is -2.06. The zero-order valence-electron chi connectivity index (χ0n) is 15.1. The molecule has 3 rings (SSSR count). The van der Waals surface area contributed by atoms with E-state index in [-0.39, 0.29) is 12.3 Å². The van der Waals surface area contributed by atoms with Crippen LogP contribution in [0.1, 0.15) is 21.5 Å². The average Bonchev–Trinajstić information content (AvgIpc) is 2.74. The van der Waals surface area contributed by atoms with Gasteiger partial charge in [-0.05, 0) is 71.8 Å². The van der Waals surface area contributed by atoms with Gasteiger partial charge in [0.05, 0.1) is 11.1 Å². The minimum absolute atomic E-state index is 0.0314. The van der Waals surface area contributed by atoms with Crippen LogP contribution in [0.15, 0.2) is 77.9 Å². The molecule has 0 radical (unpaired) electrons. The molecule has 8 heteroatoms. The van der Waals surface area contributed by atoms with Gasteiger partial charge >= 0.3 is 0 Å². The number of ether oxygens (including phenoxy) is 1. The molecule has 0 aromatic heterocycles. The van der Waals surface area contributed by atoms with Crippen LogP contribution >= 0.6 is 0 Å². The summed E-state index contributed by atoms with van der Waals surface area (Å²) in [6, 6.07) is 18.3. The molecule has 0 spiro atoms. The van der Waals surface area contributed by atoms with Crippen LogP contribution in [0.5, 0.6) is 5.75 Å². The van der Waals surface area contributed by atoms with E-state index in [1.165, 1.54) is 42.6 Å². The Hall–Kier alpha value is -4.07. The maximum Gasteiger partial charge on any atom is 0.271 e. The summed E-state index contributed by atoms with van der Waals surface area (Å²) in [6.45, 7) is 0.277. The standard InChI is InChI=1S/C21H16FN3O4/c22-18-7-5-17(6-8-18)21(26)24-23-13-15-3-11-20(12-4-15)29-14-16-1-9-19(10-2-16)25(27)28/h1-13H,14H2,(H,24,26)/b23-13-. The van der Waals surface area contributed by atoms with E-state index in [1.54, 1.807) is 36.4 Å². The van der Waals surface area contributed by atoms with Crippen molar-refractivity contribution in [3.8, 4) is 5.75 Å². The van der Waals surface area contributed by atoms with Gasteiger partial charge in [-0.3, -0.25) is 14.9 Å². The second-order valence-corrected chi connectivity index (χ2v) is 5.99. The number of carbonyl (C=O) groups excluding carboxylic acids is 1. The lowest BCUT2D eigenvalue weighted by Crippen LogP contribution is -2.17. The van der Waals surface area contributed by atoms with Crippen molar-refractivity contribution < 1.29 is 18.8 Å². The number of benzene rings is 3. The monoisotopic (exact) mass is 393 g/mol. The Morgan fingerprint density at radius 1 is 1.03 bits per heavy atom. The fourth-order valence-corrected chi connectivity index (χ4v) is 2.36. The van der Waals surface area contributed by atoms with E-state index < -0.39 is 16.6 Å². The van der Waals surface area contributed by atoms with Gasteiger partial charge in [0, 0.05) is 17.7 Å². The topological polar surface area (TPSA) is 93.8 Å². The molecule has 0 bridgehead atoms. The van der Waals surface area contributed by atoms with Crippen LogP contribution in [-0.4, -0.2) is 17.0 Å². The second-order valence-electron chi connectivity index (χ2n) is 5.99. The van der Waals surface area contributed by atoms with E-state index in [0.717, 1.165) is 11.1 Å². The summed E-state index contributed by atoms with van der Waals surface area (Å²) < 4.78 is 18.5. The third kappa shape index (κ3) is 5.70. The van der Waals surface area contributed by atoms with Gasteiger partial charge in [0.2, 0.25) is 0 Å². The lowest BCUT2D eigenvalue weighted by molar-refractivity contribution is -0.384. The van der Waals surface area contributed by atoms with Crippen molar-refractivity contribution in [1.82, 2.24) is 5.43 Å². The lowest BCUT2D eigenvalue weighted by atomic mass is 10.2. The number of hydrogen-bond acceptors (Lipinski definition) is 5. The van der Waals surface area contributed by atoms with Crippen molar-refractivity contribution in [2.45, 2.75) is 6.61 Å². The normalized spacial score (nSPS) is 10.7. The molecule has 3 aromatic rings. The largest absolute Gasteiger partial charge is 0.489 e. The van der Waals surface area contributed by atoms with Crippen molar-refractivity contribution in [2.75, 3.05) is 0 Å². The molecule has 29 heavy (non-hydrogen) atoms. The van der Waals surface area contributed by atoms with E-state index in [2.05, 4.69) is 10.5 Å². The van der Waals surface area contributed by atoms with Crippen LogP contribution in [0.3, 0.4) is 0 Å². The minimum atomic E-state index is -0.451. The Balaban J connectivity index is 1.50. The molecular weight excluding hydrogens is 377 g/mol. The van der Waals surface area contributed by atoms with Crippen molar-refractivity contribution in [3.05, 3.63) is 105 Å². The van der Waals surface area contributed by atoms with Gasteiger partial charge in [0.1, 0.15) is 18.2 Å². The van der Waals surface area contributed by atoms with Gasteiger partial charge in [-0.25, -0.2) is 9.82 Å². The molecule has 0 atom stereocenters. The van der Waals surface area contributed by atoms with E-state index in [0.29, 0.717) is 11.3 Å². The van der Waals surface area contributed by atoms with Crippen LogP contribution in [0.25, 0.3) is 0 Å².